The Kier molecular flexibility index (Phi) is 5.32. The summed E-state index contributed by atoms with van der Waals surface area (Å²) in [6.45, 7) is 4.20. The first-order valence-electron chi connectivity index (χ1n) is 8.74. The van der Waals surface area contributed by atoms with Crippen LogP contribution < -0.4 is 10.1 Å². The molecule has 0 bridgehead atoms. The lowest BCUT2D eigenvalue weighted by atomic mass is 9.85. The molecule has 3 rings (SSSR count). The summed E-state index contributed by atoms with van der Waals surface area (Å²) in [7, 11) is 0. The fourth-order valence-electron chi connectivity index (χ4n) is 3.32. The van der Waals surface area contributed by atoms with Crippen molar-refractivity contribution in [1.29, 1.82) is 0 Å². The van der Waals surface area contributed by atoms with Gasteiger partial charge in [0.1, 0.15) is 6.61 Å². The quantitative estimate of drug-likeness (QED) is 0.632. The van der Waals surface area contributed by atoms with Crippen LogP contribution in [0.5, 0.6) is 5.75 Å². The molecule has 1 atom stereocenters. The highest BCUT2D eigenvalue weighted by molar-refractivity contribution is 6.03. The summed E-state index contributed by atoms with van der Waals surface area (Å²) >= 11 is 0. The Hall–Kier alpha value is -2.73. The predicted molar refractivity (Wildman–Crippen MR) is 98.6 cm³/mol. The zero-order valence-corrected chi connectivity index (χ0v) is 14.9. The van der Waals surface area contributed by atoms with Crippen LogP contribution in [0.25, 0.3) is 0 Å². The molecule has 2 aromatic carbocycles. The Morgan fingerprint density at radius 1 is 1.23 bits per heavy atom. The molecule has 0 heterocycles. The second-order valence-electron chi connectivity index (χ2n) is 6.75. The highest BCUT2D eigenvalue weighted by Crippen LogP contribution is 2.37. The number of carbonyl (C=O) groups excluding carboxylic acids is 1. The van der Waals surface area contributed by atoms with Crippen molar-refractivity contribution in [2.45, 2.75) is 45.4 Å². The van der Waals surface area contributed by atoms with E-state index < -0.39 is 4.92 Å². The van der Waals surface area contributed by atoms with E-state index in [0.29, 0.717) is 24.0 Å². The van der Waals surface area contributed by atoms with Gasteiger partial charge < -0.3 is 10.1 Å². The molecule has 0 saturated heterocycles. The van der Waals surface area contributed by atoms with E-state index in [1.807, 2.05) is 44.2 Å². The second kappa shape index (κ2) is 7.66. The van der Waals surface area contributed by atoms with Gasteiger partial charge in [0.15, 0.2) is 11.5 Å². The van der Waals surface area contributed by atoms with E-state index in [1.165, 1.54) is 6.07 Å². The SMILES string of the molecule is CC(C)NC1CCc2c(ccc(OCc3ccccc3)c2[N+](=O)[O-])C1=O. The third-order valence-corrected chi connectivity index (χ3v) is 4.46. The first-order valence-corrected chi connectivity index (χ1v) is 8.74. The number of hydrogen-bond donors (Lipinski definition) is 1. The van der Waals surface area contributed by atoms with Crippen molar-refractivity contribution >= 4 is 11.5 Å². The van der Waals surface area contributed by atoms with Crippen LogP contribution in [0.15, 0.2) is 42.5 Å². The number of benzene rings is 2. The molecule has 6 nitrogen and oxygen atoms in total. The van der Waals surface area contributed by atoms with Gasteiger partial charge >= 0.3 is 5.69 Å². The second-order valence-corrected chi connectivity index (χ2v) is 6.75. The third-order valence-electron chi connectivity index (χ3n) is 4.46. The normalized spacial score (nSPS) is 16.4. The molecule has 0 aromatic heterocycles. The van der Waals surface area contributed by atoms with Crippen LogP contribution in [-0.4, -0.2) is 22.8 Å². The van der Waals surface area contributed by atoms with Crippen molar-refractivity contribution in [3.63, 3.8) is 0 Å². The molecule has 0 radical (unpaired) electrons. The van der Waals surface area contributed by atoms with Crippen LogP contribution in [0, 0.1) is 10.1 Å². The zero-order chi connectivity index (χ0) is 18.7. The standard InChI is InChI=1S/C20H22N2O4/c1-13(2)21-17-10-8-15-16(20(17)23)9-11-18(19(15)22(24)25)26-12-14-6-4-3-5-7-14/h3-7,9,11,13,17,21H,8,10,12H2,1-2H3. The van der Waals surface area contributed by atoms with Crippen molar-refractivity contribution < 1.29 is 14.5 Å². The number of Topliss-reactive ketones (excluding diaryl/α,β-unsaturated/α-hetero) is 1. The molecule has 0 saturated carbocycles. The number of nitro benzene ring substituents is 1. The average Bonchev–Trinajstić information content (AvgIpc) is 2.62. The summed E-state index contributed by atoms with van der Waals surface area (Å²) in [5.74, 6) is 0.123. The summed E-state index contributed by atoms with van der Waals surface area (Å²) in [6, 6.07) is 12.5. The fourth-order valence-corrected chi connectivity index (χ4v) is 3.32. The number of carbonyl (C=O) groups is 1. The monoisotopic (exact) mass is 354 g/mol. The summed E-state index contributed by atoms with van der Waals surface area (Å²) < 4.78 is 5.71. The van der Waals surface area contributed by atoms with E-state index in [9.17, 15) is 14.9 Å². The lowest BCUT2D eigenvalue weighted by Crippen LogP contribution is -2.43. The van der Waals surface area contributed by atoms with Gasteiger partial charge in [-0.25, -0.2) is 0 Å². The Bertz CT molecular complexity index is 818. The number of nitrogens with one attached hydrogen (secondary N) is 1. The topological polar surface area (TPSA) is 81.5 Å². The molecule has 0 spiro atoms. The average molecular weight is 354 g/mol. The minimum Gasteiger partial charge on any atom is -0.482 e. The summed E-state index contributed by atoms with van der Waals surface area (Å²) in [6.07, 6.45) is 1.03. The van der Waals surface area contributed by atoms with Gasteiger partial charge in [-0.05, 0) is 30.5 Å². The van der Waals surface area contributed by atoms with E-state index in [2.05, 4.69) is 5.32 Å². The van der Waals surface area contributed by atoms with Crippen LogP contribution in [0.2, 0.25) is 0 Å². The molecule has 0 fully saturated rings. The Labute approximate surface area is 152 Å². The van der Waals surface area contributed by atoms with Gasteiger partial charge in [-0.1, -0.05) is 44.2 Å². The molecule has 2 aromatic rings. The number of fused-ring (bicyclic) bond motifs is 1. The van der Waals surface area contributed by atoms with E-state index in [4.69, 9.17) is 4.74 Å². The molecule has 136 valence electrons. The van der Waals surface area contributed by atoms with Crippen LogP contribution in [0.1, 0.15) is 41.8 Å². The van der Waals surface area contributed by atoms with Crippen LogP contribution in [-0.2, 0) is 13.0 Å². The summed E-state index contributed by atoms with van der Waals surface area (Å²) in [5, 5.41) is 14.9. The lowest BCUT2D eigenvalue weighted by molar-refractivity contribution is -0.386. The van der Waals surface area contributed by atoms with Gasteiger partial charge in [0.25, 0.3) is 0 Å². The Balaban J connectivity index is 1.90. The third kappa shape index (κ3) is 3.75. The zero-order valence-electron chi connectivity index (χ0n) is 14.9. The summed E-state index contributed by atoms with van der Waals surface area (Å²) in [4.78, 5) is 23.9. The number of nitrogens with zero attached hydrogens (tertiary/aromatic N) is 1. The van der Waals surface area contributed by atoms with Gasteiger partial charge in [0.05, 0.1) is 11.0 Å². The van der Waals surface area contributed by atoms with Gasteiger partial charge in [0, 0.05) is 17.2 Å². The molecule has 1 unspecified atom stereocenters. The van der Waals surface area contributed by atoms with Crippen molar-refractivity contribution in [3.8, 4) is 5.75 Å². The Morgan fingerprint density at radius 3 is 2.62 bits per heavy atom. The molecule has 1 aliphatic rings. The first-order chi connectivity index (χ1) is 12.5. The van der Waals surface area contributed by atoms with Gasteiger partial charge in [0.2, 0.25) is 0 Å². The van der Waals surface area contributed by atoms with Crippen LogP contribution in [0.4, 0.5) is 5.69 Å². The van der Waals surface area contributed by atoms with Crippen molar-refractivity contribution in [2.75, 3.05) is 0 Å². The maximum atomic E-state index is 12.7. The van der Waals surface area contributed by atoms with Gasteiger partial charge in [-0.3, -0.25) is 14.9 Å². The number of hydrogen-bond acceptors (Lipinski definition) is 5. The van der Waals surface area contributed by atoms with Crippen molar-refractivity contribution in [2.24, 2.45) is 0 Å². The lowest BCUT2D eigenvalue weighted by Gasteiger charge is -2.26. The molecular formula is C20H22N2O4. The van der Waals surface area contributed by atoms with Crippen molar-refractivity contribution in [1.82, 2.24) is 5.32 Å². The molecule has 6 heteroatoms. The van der Waals surface area contributed by atoms with E-state index in [-0.39, 0.29) is 35.9 Å². The number of ether oxygens (including phenoxy) is 1. The molecular weight excluding hydrogens is 332 g/mol. The van der Waals surface area contributed by atoms with Crippen LogP contribution in [0.3, 0.4) is 0 Å². The molecule has 0 amide bonds. The summed E-state index contributed by atoms with van der Waals surface area (Å²) in [5.41, 5.74) is 1.74. The predicted octanol–water partition coefficient (Wildman–Crippen LogP) is 3.67. The molecule has 26 heavy (non-hydrogen) atoms. The smallest absolute Gasteiger partial charge is 0.314 e. The van der Waals surface area contributed by atoms with Crippen molar-refractivity contribution in [3.05, 3.63) is 69.3 Å². The molecule has 0 aliphatic heterocycles. The Morgan fingerprint density at radius 2 is 1.96 bits per heavy atom. The fraction of sp³-hybridized carbons (Fsp3) is 0.350. The maximum Gasteiger partial charge on any atom is 0.314 e. The van der Waals surface area contributed by atoms with Crippen LogP contribution >= 0.6 is 0 Å². The molecule has 1 aliphatic carbocycles. The molecule has 1 N–H and O–H groups in total. The van der Waals surface area contributed by atoms with E-state index >= 15 is 0 Å². The minimum atomic E-state index is -0.442. The largest absolute Gasteiger partial charge is 0.482 e. The highest BCUT2D eigenvalue weighted by atomic mass is 16.6. The number of ketones is 1. The van der Waals surface area contributed by atoms with Gasteiger partial charge in [-0.15, -0.1) is 0 Å². The first kappa shape index (κ1) is 18.1. The number of rotatable bonds is 6. The van der Waals surface area contributed by atoms with Gasteiger partial charge in [-0.2, -0.15) is 0 Å². The maximum absolute atomic E-state index is 12.7. The number of nitro groups is 1. The van der Waals surface area contributed by atoms with E-state index in [0.717, 1.165) is 5.56 Å². The highest BCUT2D eigenvalue weighted by Gasteiger charge is 2.34. The van der Waals surface area contributed by atoms with E-state index in [1.54, 1.807) is 6.07 Å². The minimum absolute atomic E-state index is 0.0855.